The van der Waals surface area contributed by atoms with Crippen LogP contribution in [0.2, 0.25) is 40.7 Å². The normalized spacial score (nSPS) is 10.0. The Kier molecular flexibility index (Phi) is 23.2. The van der Waals surface area contributed by atoms with Crippen LogP contribution in [0.5, 0.6) is 0 Å². The van der Waals surface area contributed by atoms with Crippen molar-refractivity contribution in [2.75, 3.05) is 0 Å². The van der Waals surface area contributed by atoms with Gasteiger partial charge in [-0.3, -0.25) is 0 Å². The summed E-state index contributed by atoms with van der Waals surface area (Å²) in [7, 11) is 1.15. The molecule has 15 heavy (non-hydrogen) atoms. The van der Waals surface area contributed by atoms with Gasteiger partial charge in [-0.05, 0) is 0 Å². The van der Waals surface area contributed by atoms with Crippen molar-refractivity contribution in [1.82, 2.24) is 0 Å². The summed E-state index contributed by atoms with van der Waals surface area (Å²) in [5.74, 6) is 0. The predicted octanol–water partition coefficient (Wildman–Crippen LogP) is 5.09. The van der Waals surface area contributed by atoms with E-state index in [-0.39, 0.29) is 0 Å². The monoisotopic (exact) mass is 444 g/mol. The Labute approximate surface area is 116 Å². The van der Waals surface area contributed by atoms with Gasteiger partial charge >= 0.3 is 69.2 Å². The second-order valence-corrected chi connectivity index (χ2v) is 25.2. The third kappa shape index (κ3) is 89.3. The van der Waals surface area contributed by atoms with Gasteiger partial charge in [-0.1, -0.05) is 38.8 Å². The minimum absolute atomic E-state index is 0.543. The van der Waals surface area contributed by atoms with Crippen molar-refractivity contribution in [1.29, 1.82) is 0 Å². The van der Waals surface area contributed by atoms with Crippen molar-refractivity contribution >= 4 is 49.0 Å². The summed E-state index contributed by atoms with van der Waals surface area (Å²) in [6, 6.07) is 0. The zero-order valence-electron chi connectivity index (χ0n) is 12.7. The first-order valence-electron chi connectivity index (χ1n) is 5.89. The number of rotatable bonds is 2. The summed E-state index contributed by atoms with van der Waals surface area (Å²) in [5, 5.41) is 0. The summed E-state index contributed by atoms with van der Waals surface area (Å²) < 4.78 is 0. The Hall–Kier alpha value is 1.81. The van der Waals surface area contributed by atoms with Gasteiger partial charge in [0.15, 0.2) is 0 Å². The van der Waals surface area contributed by atoms with Crippen LogP contribution < -0.4 is 0 Å². The molecule has 0 N–H and O–H groups in total. The first-order valence-corrected chi connectivity index (χ1v) is 24.2. The number of hydrogen-bond acceptors (Lipinski definition) is 0. The van der Waals surface area contributed by atoms with E-state index in [1.165, 1.54) is 0 Å². The Morgan fingerprint density at radius 1 is 0.600 bits per heavy atom. The standard InChI is InChI=1S/C6H14Si.6CH3.2Sn/c1-5(2)7-6(3)4;;;;;;;;/h5-6H,1-4H3;6*1H3;;. The molecule has 0 atom stereocenters. The number of hydrogen-bond donors (Lipinski definition) is 0. The van der Waals surface area contributed by atoms with E-state index < -0.39 is 39.5 Å². The van der Waals surface area contributed by atoms with Gasteiger partial charge in [0, 0.05) is 9.52 Å². The molecule has 0 aromatic heterocycles. The van der Waals surface area contributed by atoms with Crippen LogP contribution in [-0.2, 0) is 0 Å². The molecule has 0 saturated carbocycles. The molecule has 0 fully saturated rings. The molecule has 4 radical (unpaired) electrons. The van der Waals surface area contributed by atoms with E-state index >= 15 is 0 Å². The van der Waals surface area contributed by atoms with Crippen LogP contribution in [0.3, 0.4) is 0 Å². The quantitative estimate of drug-likeness (QED) is 0.524. The molecule has 0 saturated heterocycles. The van der Waals surface area contributed by atoms with Gasteiger partial charge in [0.25, 0.3) is 0 Å². The van der Waals surface area contributed by atoms with Gasteiger partial charge in [-0.25, -0.2) is 0 Å². The van der Waals surface area contributed by atoms with Gasteiger partial charge in [-0.15, -0.1) is 0 Å². The van der Waals surface area contributed by atoms with Crippen LogP contribution in [-0.4, -0.2) is 49.0 Å². The fourth-order valence-electron chi connectivity index (χ4n) is 0.667. The van der Waals surface area contributed by atoms with Crippen molar-refractivity contribution in [2.24, 2.45) is 0 Å². The molecule has 0 spiro atoms. The predicted molar refractivity (Wildman–Crippen MR) is 82.6 cm³/mol. The Morgan fingerprint density at radius 2 is 0.733 bits per heavy atom. The molecule has 0 bridgehead atoms. The third-order valence-corrected chi connectivity index (χ3v) is 2.00. The molecule has 3 heteroatoms. The van der Waals surface area contributed by atoms with Gasteiger partial charge in [0.2, 0.25) is 0 Å². The Balaban J connectivity index is -0.000000155. The average molecular weight is 442 g/mol. The van der Waals surface area contributed by atoms with E-state index in [2.05, 4.69) is 57.3 Å². The van der Waals surface area contributed by atoms with E-state index in [0.29, 0.717) is 0 Å². The van der Waals surface area contributed by atoms with Gasteiger partial charge in [-0.2, -0.15) is 0 Å². The van der Waals surface area contributed by atoms with E-state index in [1.54, 1.807) is 0 Å². The zero-order valence-corrected chi connectivity index (χ0v) is 19.4. The van der Waals surface area contributed by atoms with Crippen LogP contribution in [0.25, 0.3) is 0 Å². The van der Waals surface area contributed by atoms with Crippen molar-refractivity contribution in [3.05, 3.63) is 0 Å². The maximum atomic E-state index is 2.36. The van der Waals surface area contributed by atoms with E-state index in [1.807, 2.05) is 0 Å². The molecule has 0 aromatic carbocycles. The van der Waals surface area contributed by atoms with Crippen molar-refractivity contribution in [3.63, 3.8) is 0 Å². The summed E-state index contributed by atoms with van der Waals surface area (Å²) in [6.07, 6.45) is 0. The van der Waals surface area contributed by atoms with E-state index in [0.717, 1.165) is 20.6 Å². The summed E-state index contributed by atoms with van der Waals surface area (Å²) in [5.41, 5.74) is 1.81. The van der Waals surface area contributed by atoms with Gasteiger partial charge in [0.1, 0.15) is 0 Å². The molecule has 0 aliphatic rings. The molecule has 92 valence electrons. The van der Waals surface area contributed by atoms with Gasteiger partial charge < -0.3 is 0 Å². The van der Waals surface area contributed by atoms with Gasteiger partial charge in [0.05, 0.1) is 0 Å². The molecule has 0 amide bonds. The Morgan fingerprint density at radius 3 is 0.733 bits per heavy atom. The fraction of sp³-hybridized carbons (Fsp3) is 1.00. The molecule has 0 aliphatic heterocycles. The van der Waals surface area contributed by atoms with Crippen LogP contribution in [0.1, 0.15) is 27.7 Å². The third-order valence-electron chi connectivity index (χ3n) is 0.667. The summed E-state index contributed by atoms with van der Waals surface area (Å²) >= 11 is -1.09. The van der Waals surface area contributed by atoms with E-state index in [4.69, 9.17) is 0 Å². The van der Waals surface area contributed by atoms with Crippen molar-refractivity contribution in [2.45, 2.75) is 68.4 Å². The van der Waals surface area contributed by atoms with Crippen LogP contribution in [0.4, 0.5) is 0 Å². The summed E-state index contributed by atoms with van der Waals surface area (Å²) in [6.45, 7) is 9.10. The first-order chi connectivity index (χ1) is 6.59. The Bertz CT molecular complexity index is 84.3. The second-order valence-electron chi connectivity index (χ2n) is 5.48. The molecular weight excluding hydrogens is 410 g/mol. The van der Waals surface area contributed by atoms with E-state index in [9.17, 15) is 0 Å². The molecular formula is C12H32SiSn2. The van der Waals surface area contributed by atoms with Crippen LogP contribution >= 0.6 is 0 Å². The molecule has 0 unspecified atom stereocenters. The molecule has 0 aliphatic carbocycles. The molecule has 0 heterocycles. The summed E-state index contributed by atoms with van der Waals surface area (Å²) in [4.78, 5) is 14.2. The van der Waals surface area contributed by atoms with Crippen molar-refractivity contribution in [3.8, 4) is 0 Å². The molecule has 0 aromatic rings. The zero-order chi connectivity index (χ0) is 13.0. The molecule has 0 rings (SSSR count). The van der Waals surface area contributed by atoms with Crippen LogP contribution in [0, 0.1) is 0 Å². The topological polar surface area (TPSA) is 0 Å². The van der Waals surface area contributed by atoms with Crippen molar-refractivity contribution < 1.29 is 0 Å². The first kappa shape index (κ1) is 22.0. The van der Waals surface area contributed by atoms with Crippen LogP contribution in [0.15, 0.2) is 0 Å². The molecule has 0 nitrogen and oxygen atoms in total. The SMILES string of the molecule is CC(C)[Si]C(C)C.[CH3][Sn]([CH3])[CH3].[CH3][Sn]([CH3])[CH3]. The maximum absolute atomic E-state index is 2.36. The minimum atomic E-state index is -0.543. The fourth-order valence-corrected chi connectivity index (χ4v) is 2.00. The second kappa shape index (κ2) is 15.8. The average Bonchev–Trinajstić information content (AvgIpc) is 1.78.